The van der Waals surface area contributed by atoms with Crippen molar-refractivity contribution in [1.82, 2.24) is 15.5 Å². The van der Waals surface area contributed by atoms with Crippen molar-refractivity contribution in [3.63, 3.8) is 0 Å². The van der Waals surface area contributed by atoms with Crippen molar-refractivity contribution in [3.05, 3.63) is 0 Å². The molecule has 6 heteroatoms. The maximum atomic E-state index is 12.0. The van der Waals surface area contributed by atoms with Crippen molar-refractivity contribution in [2.75, 3.05) is 13.1 Å². The van der Waals surface area contributed by atoms with E-state index in [2.05, 4.69) is 15.5 Å². The van der Waals surface area contributed by atoms with Crippen molar-refractivity contribution in [3.8, 4) is 0 Å². The van der Waals surface area contributed by atoms with Crippen LogP contribution >= 0.6 is 0 Å². The maximum Gasteiger partial charge on any atom is 0.329 e. The summed E-state index contributed by atoms with van der Waals surface area (Å²) in [5.41, 5.74) is -1.13. The Kier molecular flexibility index (Phi) is 3.36. The van der Waals surface area contributed by atoms with Gasteiger partial charge in [-0.2, -0.15) is 0 Å². The summed E-state index contributed by atoms with van der Waals surface area (Å²) in [4.78, 5) is 25.8. The molecule has 2 unspecified atom stereocenters. The Labute approximate surface area is 118 Å². The SMILES string of the molecule is CC(NC(=O)NC1CCN(C2CC2)C1)(C(=O)O)C1CC1. The van der Waals surface area contributed by atoms with Gasteiger partial charge >= 0.3 is 12.0 Å². The van der Waals surface area contributed by atoms with E-state index in [1.54, 1.807) is 6.92 Å². The third-order valence-electron chi connectivity index (χ3n) is 4.83. The van der Waals surface area contributed by atoms with E-state index in [1.165, 1.54) is 12.8 Å². The van der Waals surface area contributed by atoms with Gasteiger partial charge in [-0.1, -0.05) is 0 Å². The number of urea groups is 1. The average molecular weight is 281 g/mol. The van der Waals surface area contributed by atoms with Crippen LogP contribution < -0.4 is 10.6 Å². The second-order valence-corrected chi connectivity index (χ2v) is 6.59. The molecule has 2 aliphatic carbocycles. The highest BCUT2D eigenvalue weighted by Crippen LogP contribution is 2.39. The van der Waals surface area contributed by atoms with Crippen LogP contribution in [0.3, 0.4) is 0 Å². The first-order valence-electron chi connectivity index (χ1n) is 7.55. The van der Waals surface area contributed by atoms with E-state index in [0.29, 0.717) is 0 Å². The molecule has 1 aliphatic heterocycles. The summed E-state index contributed by atoms with van der Waals surface area (Å²) in [5.74, 6) is -0.876. The fraction of sp³-hybridized carbons (Fsp3) is 0.857. The Hall–Kier alpha value is -1.30. The van der Waals surface area contributed by atoms with E-state index in [9.17, 15) is 14.7 Å². The second kappa shape index (κ2) is 4.91. The number of hydrogen-bond acceptors (Lipinski definition) is 3. The van der Waals surface area contributed by atoms with E-state index >= 15 is 0 Å². The first kappa shape index (κ1) is 13.7. The van der Waals surface area contributed by atoms with E-state index < -0.39 is 11.5 Å². The molecule has 3 aliphatic rings. The van der Waals surface area contributed by atoms with Crippen LogP contribution in [-0.4, -0.2) is 52.7 Å². The zero-order valence-electron chi connectivity index (χ0n) is 11.9. The molecule has 3 N–H and O–H groups in total. The minimum atomic E-state index is -1.13. The van der Waals surface area contributed by atoms with Gasteiger partial charge < -0.3 is 15.7 Å². The first-order valence-corrected chi connectivity index (χ1v) is 7.55. The van der Waals surface area contributed by atoms with Gasteiger partial charge in [0.05, 0.1) is 0 Å². The number of aliphatic carboxylic acids is 1. The summed E-state index contributed by atoms with van der Waals surface area (Å²) >= 11 is 0. The fourth-order valence-electron chi connectivity index (χ4n) is 3.12. The third-order valence-corrected chi connectivity index (χ3v) is 4.83. The molecule has 3 rings (SSSR count). The fourth-order valence-corrected chi connectivity index (χ4v) is 3.12. The number of likely N-dealkylation sites (tertiary alicyclic amines) is 1. The molecule has 112 valence electrons. The van der Waals surface area contributed by atoms with Crippen molar-refractivity contribution in [2.24, 2.45) is 5.92 Å². The summed E-state index contributed by atoms with van der Waals surface area (Å²) < 4.78 is 0. The number of hydrogen-bond donors (Lipinski definition) is 3. The largest absolute Gasteiger partial charge is 0.480 e. The summed E-state index contributed by atoms with van der Waals surface area (Å²) in [7, 11) is 0. The Morgan fingerprint density at radius 2 is 1.90 bits per heavy atom. The molecule has 20 heavy (non-hydrogen) atoms. The standard InChI is InChI=1S/C14H23N3O3/c1-14(12(18)19,9-2-3-9)16-13(20)15-10-6-7-17(8-10)11-4-5-11/h9-11H,2-8H2,1H3,(H,18,19)(H2,15,16,20). The van der Waals surface area contributed by atoms with Gasteiger partial charge in [0.15, 0.2) is 0 Å². The van der Waals surface area contributed by atoms with Crippen LogP contribution in [0, 0.1) is 5.92 Å². The Morgan fingerprint density at radius 3 is 2.45 bits per heavy atom. The number of nitrogens with zero attached hydrogens (tertiary/aromatic N) is 1. The van der Waals surface area contributed by atoms with Crippen LogP contribution in [0.1, 0.15) is 39.0 Å². The lowest BCUT2D eigenvalue weighted by Gasteiger charge is -2.27. The topological polar surface area (TPSA) is 81.7 Å². The molecule has 1 saturated heterocycles. The number of carboxylic acid groups (broad SMARTS) is 1. The number of amides is 2. The monoisotopic (exact) mass is 281 g/mol. The minimum Gasteiger partial charge on any atom is -0.480 e. The van der Waals surface area contributed by atoms with Crippen molar-refractivity contribution in [1.29, 1.82) is 0 Å². The molecular formula is C14H23N3O3. The maximum absolute atomic E-state index is 12.0. The normalized spacial score (nSPS) is 29.8. The number of nitrogens with one attached hydrogen (secondary N) is 2. The number of rotatable bonds is 5. The van der Waals surface area contributed by atoms with Gasteiger partial charge in [0.25, 0.3) is 0 Å². The molecular weight excluding hydrogens is 258 g/mol. The predicted octanol–water partition coefficient (Wildman–Crippen LogP) is 0.776. The van der Waals surface area contributed by atoms with Crippen LogP contribution in [-0.2, 0) is 4.79 Å². The van der Waals surface area contributed by atoms with Gasteiger partial charge in [0.2, 0.25) is 0 Å². The molecule has 2 saturated carbocycles. The van der Waals surface area contributed by atoms with Gasteiger partial charge in [-0.05, 0) is 44.9 Å². The minimum absolute atomic E-state index is 0.0669. The average Bonchev–Trinajstić information content (AvgIpc) is 3.27. The van der Waals surface area contributed by atoms with Crippen molar-refractivity contribution < 1.29 is 14.7 Å². The van der Waals surface area contributed by atoms with E-state index in [1.807, 2.05) is 0 Å². The molecule has 2 atom stereocenters. The van der Waals surface area contributed by atoms with E-state index in [0.717, 1.165) is 38.4 Å². The summed E-state index contributed by atoms with van der Waals surface area (Å²) in [5, 5.41) is 14.9. The van der Waals surface area contributed by atoms with E-state index in [4.69, 9.17) is 0 Å². The predicted molar refractivity (Wildman–Crippen MR) is 73.4 cm³/mol. The third kappa shape index (κ3) is 2.75. The van der Waals surface area contributed by atoms with Gasteiger partial charge in [-0.25, -0.2) is 9.59 Å². The molecule has 3 fully saturated rings. The Morgan fingerprint density at radius 1 is 1.20 bits per heavy atom. The zero-order valence-corrected chi connectivity index (χ0v) is 11.9. The van der Waals surface area contributed by atoms with Crippen molar-refractivity contribution >= 4 is 12.0 Å². The molecule has 0 radical (unpaired) electrons. The number of carbonyl (C=O) groups excluding carboxylic acids is 1. The molecule has 0 aromatic carbocycles. The summed E-state index contributed by atoms with van der Waals surface area (Å²) in [6.07, 6.45) is 5.26. The van der Waals surface area contributed by atoms with Gasteiger partial charge in [0.1, 0.15) is 5.54 Å². The molecule has 0 spiro atoms. The summed E-state index contributed by atoms with van der Waals surface area (Å²) in [6, 6.07) is 0.526. The van der Waals surface area contributed by atoms with Crippen LogP contribution in [0.2, 0.25) is 0 Å². The lowest BCUT2D eigenvalue weighted by atomic mass is 9.96. The first-order chi connectivity index (χ1) is 9.49. The molecule has 0 aromatic rings. The smallest absolute Gasteiger partial charge is 0.329 e. The van der Waals surface area contributed by atoms with Crippen LogP contribution in [0.15, 0.2) is 0 Å². The quantitative estimate of drug-likeness (QED) is 0.695. The van der Waals surface area contributed by atoms with Gasteiger partial charge in [-0.15, -0.1) is 0 Å². The second-order valence-electron chi connectivity index (χ2n) is 6.59. The molecule has 2 amide bonds. The van der Waals surface area contributed by atoms with Gasteiger partial charge in [0, 0.05) is 25.2 Å². The zero-order chi connectivity index (χ0) is 14.3. The highest BCUT2D eigenvalue weighted by atomic mass is 16.4. The number of carbonyl (C=O) groups is 2. The Bertz CT molecular complexity index is 420. The molecule has 0 bridgehead atoms. The molecule has 0 aromatic heterocycles. The van der Waals surface area contributed by atoms with Crippen molar-refractivity contribution in [2.45, 2.75) is 56.7 Å². The highest BCUT2D eigenvalue weighted by Gasteiger charge is 2.48. The molecule has 6 nitrogen and oxygen atoms in total. The highest BCUT2D eigenvalue weighted by molar-refractivity contribution is 5.86. The van der Waals surface area contributed by atoms with Gasteiger partial charge in [-0.3, -0.25) is 4.90 Å². The van der Waals surface area contributed by atoms with Crippen LogP contribution in [0.4, 0.5) is 4.79 Å². The summed E-state index contributed by atoms with van der Waals surface area (Å²) in [6.45, 7) is 3.54. The van der Waals surface area contributed by atoms with Crippen LogP contribution in [0.25, 0.3) is 0 Å². The van der Waals surface area contributed by atoms with Crippen LogP contribution in [0.5, 0.6) is 0 Å². The Balaban J connectivity index is 1.50. The van der Waals surface area contributed by atoms with E-state index in [-0.39, 0.29) is 18.0 Å². The number of carboxylic acids is 1. The molecule has 1 heterocycles. The lowest BCUT2D eigenvalue weighted by Crippen LogP contribution is -2.58. The lowest BCUT2D eigenvalue weighted by molar-refractivity contribution is -0.144.